The maximum Gasteiger partial charge on any atom is 0.261 e. The van der Waals surface area contributed by atoms with Crippen LogP contribution in [0.2, 0.25) is 0 Å². The van der Waals surface area contributed by atoms with Crippen molar-refractivity contribution < 1.29 is 18.7 Å². The van der Waals surface area contributed by atoms with E-state index in [4.69, 9.17) is 4.74 Å². The molecule has 2 aromatic rings. The van der Waals surface area contributed by atoms with E-state index in [9.17, 15) is 14.0 Å². The van der Waals surface area contributed by atoms with Crippen molar-refractivity contribution in [2.45, 2.75) is 32.9 Å². The van der Waals surface area contributed by atoms with E-state index < -0.39 is 6.10 Å². The number of carbonyl (C=O) groups is 2. The Bertz CT molecular complexity index is 747. The minimum Gasteiger partial charge on any atom is -0.479 e. The van der Waals surface area contributed by atoms with Crippen LogP contribution in [-0.2, 0) is 9.59 Å². The predicted molar refractivity (Wildman–Crippen MR) is 93.8 cm³/mol. The average Bonchev–Trinajstić information content (AvgIpc) is 2.56. The van der Waals surface area contributed by atoms with E-state index in [1.54, 1.807) is 43.3 Å². The standard InChI is InChI=1S/C19H21FN2O3/c1-12(15-8-10-16(20)11-9-15)21-19(24)13(2)25-18-7-5-4-6-17(18)22-14(3)23/h4-13H,1-3H3,(H,21,24)(H,22,23)/t12-,13+/m1/s1. The average molecular weight is 344 g/mol. The zero-order valence-corrected chi connectivity index (χ0v) is 14.4. The monoisotopic (exact) mass is 344 g/mol. The fourth-order valence-electron chi connectivity index (χ4n) is 2.27. The first kappa shape index (κ1) is 18.4. The lowest BCUT2D eigenvalue weighted by Crippen LogP contribution is -2.37. The Hall–Kier alpha value is -2.89. The highest BCUT2D eigenvalue weighted by Gasteiger charge is 2.19. The molecule has 2 atom stereocenters. The zero-order chi connectivity index (χ0) is 18.4. The van der Waals surface area contributed by atoms with Gasteiger partial charge >= 0.3 is 0 Å². The first-order valence-corrected chi connectivity index (χ1v) is 7.96. The number of carbonyl (C=O) groups excluding carboxylic acids is 2. The molecule has 0 aliphatic carbocycles. The van der Waals surface area contributed by atoms with Crippen LogP contribution in [-0.4, -0.2) is 17.9 Å². The van der Waals surface area contributed by atoms with E-state index >= 15 is 0 Å². The second-order valence-electron chi connectivity index (χ2n) is 5.72. The summed E-state index contributed by atoms with van der Waals surface area (Å²) in [5.41, 5.74) is 1.29. The molecule has 132 valence electrons. The molecule has 0 saturated heterocycles. The van der Waals surface area contributed by atoms with Crippen molar-refractivity contribution in [3.8, 4) is 5.75 Å². The quantitative estimate of drug-likeness (QED) is 0.844. The van der Waals surface area contributed by atoms with Gasteiger partial charge in [-0.15, -0.1) is 0 Å². The fraction of sp³-hybridized carbons (Fsp3) is 0.263. The van der Waals surface area contributed by atoms with Crippen molar-refractivity contribution in [3.63, 3.8) is 0 Å². The molecule has 25 heavy (non-hydrogen) atoms. The van der Waals surface area contributed by atoms with Crippen LogP contribution in [0.5, 0.6) is 5.75 Å². The molecule has 0 radical (unpaired) electrons. The molecule has 0 unspecified atom stereocenters. The van der Waals surface area contributed by atoms with Gasteiger partial charge in [0.1, 0.15) is 11.6 Å². The molecule has 2 N–H and O–H groups in total. The summed E-state index contributed by atoms with van der Waals surface area (Å²) < 4.78 is 18.7. The van der Waals surface area contributed by atoms with Crippen LogP contribution in [0.1, 0.15) is 32.4 Å². The maximum absolute atomic E-state index is 13.0. The summed E-state index contributed by atoms with van der Waals surface area (Å²) in [4.78, 5) is 23.6. The summed E-state index contributed by atoms with van der Waals surface area (Å²) in [6, 6.07) is 12.6. The highest BCUT2D eigenvalue weighted by molar-refractivity contribution is 5.90. The summed E-state index contributed by atoms with van der Waals surface area (Å²) in [7, 11) is 0. The number of halogens is 1. The molecule has 0 bridgehead atoms. The van der Waals surface area contributed by atoms with E-state index in [1.165, 1.54) is 19.1 Å². The van der Waals surface area contributed by atoms with Gasteiger partial charge < -0.3 is 15.4 Å². The lowest BCUT2D eigenvalue weighted by atomic mass is 10.1. The second kappa shape index (κ2) is 8.28. The summed E-state index contributed by atoms with van der Waals surface area (Å²) in [5.74, 6) is -0.448. The smallest absolute Gasteiger partial charge is 0.261 e. The number of ether oxygens (including phenoxy) is 1. The van der Waals surface area contributed by atoms with Crippen molar-refractivity contribution >= 4 is 17.5 Å². The molecule has 5 nitrogen and oxygen atoms in total. The number of hydrogen-bond acceptors (Lipinski definition) is 3. The number of benzene rings is 2. The molecule has 2 rings (SSSR count). The molecule has 0 heterocycles. The van der Waals surface area contributed by atoms with Crippen molar-refractivity contribution in [1.29, 1.82) is 0 Å². The lowest BCUT2D eigenvalue weighted by molar-refractivity contribution is -0.127. The van der Waals surface area contributed by atoms with Gasteiger partial charge in [0.05, 0.1) is 11.7 Å². The summed E-state index contributed by atoms with van der Waals surface area (Å²) >= 11 is 0. The molecular weight excluding hydrogens is 323 g/mol. The van der Waals surface area contributed by atoms with Crippen LogP contribution in [0.25, 0.3) is 0 Å². The second-order valence-corrected chi connectivity index (χ2v) is 5.72. The van der Waals surface area contributed by atoms with Gasteiger partial charge in [0.25, 0.3) is 5.91 Å². The predicted octanol–water partition coefficient (Wildman–Crippen LogP) is 3.43. The molecule has 0 saturated carbocycles. The largest absolute Gasteiger partial charge is 0.479 e. The molecule has 2 amide bonds. The Kier molecular flexibility index (Phi) is 6.11. The third kappa shape index (κ3) is 5.31. The minimum atomic E-state index is -0.766. The van der Waals surface area contributed by atoms with Crippen molar-refractivity contribution in [1.82, 2.24) is 5.32 Å². The SMILES string of the molecule is CC(=O)Nc1ccccc1O[C@@H](C)C(=O)N[C@H](C)c1ccc(F)cc1. The number of para-hydroxylation sites is 2. The summed E-state index contributed by atoms with van der Waals surface area (Å²) in [6.45, 7) is 4.83. The molecule has 0 spiro atoms. The van der Waals surface area contributed by atoms with Gasteiger partial charge in [-0.25, -0.2) is 4.39 Å². The van der Waals surface area contributed by atoms with Crippen LogP contribution >= 0.6 is 0 Å². The van der Waals surface area contributed by atoms with Gasteiger partial charge in [-0.05, 0) is 43.7 Å². The zero-order valence-electron chi connectivity index (χ0n) is 14.4. The minimum absolute atomic E-state index is 0.224. The van der Waals surface area contributed by atoms with E-state index in [0.717, 1.165) is 5.56 Å². The van der Waals surface area contributed by atoms with Crippen LogP contribution < -0.4 is 15.4 Å². The Morgan fingerprint density at radius 1 is 1.04 bits per heavy atom. The van der Waals surface area contributed by atoms with Gasteiger partial charge in [-0.2, -0.15) is 0 Å². The summed E-state index contributed by atoms with van der Waals surface area (Å²) in [5, 5.41) is 5.48. The van der Waals surface area contributed by atoms with E-state index in [0.29, 0.717) is 11.4 Å². The Morgan fingerprint density at radius 3 is 2.32 bits per heavy atom. The molecule has 0 fully saturated rings. The lowest BCUT2D eigenvalue weighted by Gasteiger charge is -2.20. The maximum atomic E-state index is 13.0. The van der Waals surface area contributed by atoms with Crippen LogP contribution in [0.15, 0.2) is 48.5 Å². The molecule has 0 aliphatic rings. The normalized spacial score (nSPS) is 12.8. The van der Waals surface area contributed by atoms with Gasteiger partial charge in [-0.1, -0.05) is 24.3 Å². The highest BCUT2D eigenvalue weighted by atomic mass is 19.1. The van der Waals surface area contributed by atoms with E-state index in [-0.39, 0.29) is 23.7 Å². The molecular formula is C19H21FN2O3. The molecule has 0 aromatic heterocycles. The van der Waals surface area contributed by atoms with E-state index in [2.05, 4.69) is 10.6 Å². The van der Waals surface area contributed by atoms with Crippen LogP contribution in [0.4, 0.5) is 10.1 Å². The van der Waals surface area contributed by atoms with Gasteiger partial charge in [-0.3, -0.25) is 9.59 Å². The van der Waals surface area contributed by atoms with Gasteiger partial charge in [0.2, 0.25) is 5.91 Å². The number of nitrogens with one attached hydrogen (secondary N) is 2. The molecule has 2 aromatic carbocycles. The first-order valence-electron chi connectivity index (χ1n) is 7.96. The number of hydrogen-bond donors (Lipinski definition) is 2. The van der Waals surface area contributed by atoms with Crippen molar-refractivity contribution in [3.05, 3.63) is 59.9 Å². The number of rotatable bonds is 6. The Balaban J connectivity index is 2.01. The molecule has 6 heteroatoms. The summed E-state index contributed by atoms with van der Waals surface area (Å²) in [6.07, 6.45) is -0.766. The third-order valence-electron chi connectivity index (χ3n) is 3.60. The molecule has 0 aliphatic heterocycles. The van der Waals surface area contributed by atoms with Gasteiger partial charge in [0.15, 0.2) is 6.10 Å². The topological polar surface area (TPSA) is 67.4 Å². The highest BCUT2D eigenvalue weighted by Crippen LogP contribution is 2.25. The fourth-order valence-corrected chi connectivity index (χ4v) is 2.27. The Labute approximate surface area is 146 Å². The van der Waals surface area contributed by atoms with Crippen LogP contribution in [0, 0.1) is 5.82 Å². The third-order valence-corrected chi connectivity index (χ3v) is 3.60. The number of amides is 2. The van der Waals surface area contributed by atoms with Crippen LogP contribution in [0.3, 0.4) is 0 Å². The van der Waals surface area contributed by atoms with Crippen molar-refractivity contribution in [2.24, 2.45) is 0 Å². The Morgan fingerprint density at radius 2 is 1.68 bits per heavy atom. The van der Waals surface area contributed by atoms with Gasteiger partial charge in [0, 0.05) is 6.92 Å². The van der Waals surface area contributed by atoms with Crippen molar-refractivity contribution in [2.75, 3.05) is 5.32 Å². The first-order chi connectivity index (χ1) is 11.9. The number of anilines is 1. The van der Waals surface area contributed by atoms with E-state index in [1.807, 2.05) is 6.92 Å².